The van der Waals surface area contributed by atoms with E-state index in [4.69, 9.17) is 21.1 Å². The lowest BCUT2D eigenvalue weighted by Gasteiger charge is -2.29. The fraction of sp³-hybridized carbons (Fsp3) is 0.286. The van der Waals surface area contributed by atoms with Gasteiger partial charge in [0.1, 0.15) is 5.75 Å². The first-order chi connectivity index (χ1) is 9.69. The highest BCUT2D eigenvalue weighted by molar-refractivity contribution is 6.33. The monoisotopic (exact) mass is 311 g/mol. The van der Waals surface area contributed by atoms with E-state index in [1.165, 1.54) is 19.9 Å². The maximum Gasteiger partial charge on any atom is 0.350 e. The van der Waals surface area contributed by atoms with Crippen molar-refractivity contribution in [3.05, 3.63) is 34.5 Å². The molecule has 0 unspecified atom stereocenters. The summed E-state index contributed by atoms with van der Waals surface area (Å²) in [7, 11) is 0. The molecule has 1 aliphatic rings. The second-order valence-electron chi connectivity index (χ2n) is 5.00. The number of halogens is 1. The Morgan fingerprint density at radius 2 is 1.81 bits per heavy atom. The summed E-state index contributed by atoms with van der Waals surface area (Å²) >= 11 is 6.00. The summed E-state index contributed by atoms with van der Waals surface area (Å²) < 4.78 is 9.89. The molecule has 112 valence electrons. The molecule has 1 aromatic rings. The fourth-order valence-corrected chi connectivity index (χ4v) is 1.97. The number of aryl methyl sites for hydroxylation is 1. The fourth-order valence-electron chi connectivity index (χ4n) is 1.70. The van der Waals surface area contributed by atoms with Crippen LogP contribution in [0.2, 0.25) is 5.02 Å². The molecule has 1 aliphatic heterocycles. The minimum Gasteiger partial charge on any atom is -0.508 e. The molecule has 0 amide bonds. The zero-order chi connectivity index (χ0) is 15.8. The molecule has 0 bridgehead atoms. The lowest BCUT2D eigenvalue weighted by molar-refractivity contribution is -0.222. The third-order valence-corrected chi connectivity index (χ3v) is 3.09. The van der Waals surface area contributed by atoms with Crippen molar-refractivity contribution in [2.75, 3.05) is 5.32 Å². The average Bonchev–Trinajstić information content (AvgIpc) is 2.32. The molecule has 0 radical (unpaired) electrons. The molecule has 2 rings (SSSR count). The van der Waals surface area contributed by atoms with Gasteiger partial charge in [0.2, 0.25) is 0 Å². The van der Waals surface area contributed by atoms with E-state index < -0.39 is 17.7 Å². The number of ether oxygens (including phenoxy) is 2. The van der Waals surface area contributed by atoms with Crippen LogP contribution in [-0.4, -0.2) is 22.8 Å². The molecule has 1 heterocycles. The number of carbonyl (C=O) groups is 2. The number of phenolic OH excluding ortho intramolecular Hbond substituents is 1. The Balaban J connectivity index is 2.24. The molecule has 0 aliphatic carbocycles. The van der Waals surface area contributed by atoms with Crippen molar-refractivity contribution in [1.29, 1.82) is 0 Å². The van der Waals surface area contributed by atoms with Crippen molar-refractivity contribution in [3.8, 4) is 5.75 Å². The molecule has 1 fully saturated rings. The highest BCUT2D eigenvalue weighted by Crippen LogP contribution is 2.30. The summed E-state index contributed by atoms with van der Waals surface area (Å²) in [6.45, 7) is 4.62. The summed E-state index contributed by atoms with van der Waals surface area (Å²) in [5.41, 5.74) is 0.666. The smallest absolute Gasteiger partial charge is 0.350 e. The second-order valence-corrected chi connectivity index (χ2v) is 5.41. The Labute approximate surface area is 126 Å². The van der Waals surface area contributed by atoms with Crippen molar-refractivity contribution < 1.29 is 24.2 Å². The van der Waals surface area contributed by atoms with Gasteiger partial charge in [0, 0.05) is 26.1 Å². The molecule has 7 heteroatoms. The van der Waals surface area contributed by atoms with Gasteiger partial charge in [0.15, 0.2) is 5.57 Å². The van der Waals surface area contributed by atoms with E-state index in [9.17, 15) is 14.7 Å². The van der Waals surface area contributed by atoms with Gasteiger partial charge in [0.05, 0.1) is 10.7 Å². The van der Waals surface area contributed by atoms with Gasteiger partial charge < -0.3 is 19.9 Å². The van der Waals surface area contributed by atoms with E-state index in [0.717, 1.165) is 6.20 Å². The number of hydrogen-bond donors (Lipinski definition) is 2. The van der Waals surface area contributed by atoms with Crippen LogP contribution in [0.15, 0.2) is 23.9 Å². The van der Waals surface area contributed by atoms with Crippen LogP contribution in [0.3, 0.4) is 0 Å². The normalized spacial score (nSPS) is 17.0. The maximum atomic E-state index is 11.7. The van der Waals surface area contributed by atoms with E-state index in [2.05, 4.69) is 5.32 Å². The van der Waals surface area contributed by atoms with Gasteiger partial charge in [-0.3, -0.25) is 0 Å². The van der Waals surface area contributed by atoms with E-state index in [1.807, 2.05) is 0 Å². The Morgan fingerprint density at radius 1 is 1.24 bits per heavy atom. The largest absolute Gasteiger partial charge is 0.508 e. The summed E-state index contributed by atoms with van der Waals surface area (Å²) in [6, 6.07) is 2.94. The number of cyclic esters (lactones) is 2. The number of esters is 2. The lowest BCUT2D eigenvalue weighted by atomic mass is 10.2. The van der Waals surface area contributed by atoms with Crippen LogP contribution in [0, 0.1) is 6.92 Å². The first-order valence-corrected chi connectivity index (χ1v) is 6.50. The number of aromatic hydroxyl groups is 1. The van der Waals surface area contributed by atoms with Crippen LogP contribution in [0.5, 0.6) is 5.75 Å². The minimum atomic E-state index is -1.29. The number of nitrogens with one attached hydrogen (secondary N) is 1. The van der Waals surface area contributed by atoms with Gasteiger partial charge in [-0.25, -0.2) is 9.59 Å². The Hall–Kier alpha value is -2.21. The summed E-state index contributed by atoms with van der Waals surface area (Å²) in [5, 5.41) is 12.6. The SMILES string of the molecule is Cc1cc(Cl)c(NC=C2C(=O)OC(C)(C)OC2=O)cc1O. The Kier molecular flexibility index (Phi) is 3.82. The molecule has 0 spiro atoms. The topological polar surface area (TPSA) is 84.9 Å². The van der Waals surface area contributed by atoms with Crippen LogP contribution in [0.4, 0.5) is 5.69 Å². The van der Waals surface area contributed by atoms with Crippen LogP contribution >= 0.6 is 11.6 Å². The van der Waals surface area contributed by atoms with Crippen molar-refractivity contribution >= 4 is 29.2 Å². The number of anilines is 1. The number of phenols is 1. The van der Waals surface area contributed by atoms with Crippen LogP contribution in [0.1, 0.15) is 19.4 Å². The van der Waals surface area contributed by atoms with Crippen molar-refractivity contribution in [1.82, 2.24) is 0 Å². The van der Waals surface area contributed by atoms with Crippen LogP contribution in [-0.2, 0) is 19.1 Å². The van der Waals surface area contributed by atoms with E-state index in [0.29, 0.717) is 16.3 Å². The molecule has 0 saturated carbocycles. The van der Waals surface area contributed by atoms with Gasteiger partial charge in [0.25, 0.3) is 5.79 Å². The first kappa shape index (κ1) is 15.2. The number of benzene rings is 1. The molecular formula is C14H14ClNO5. The highest BCUT2D eigenvalue weighted by atomic mass is 35.5. The van der Waals surface area contributed by atoms with Gasteiger partial charge in [-0.2, -0.15) is 0 Å². The molecule has 0 aromatic heterocycles. The summed E-state index contributed by atoms with van der Waals surface area (Å²) in [6.07, 6.45) is 1.13. The van der Waals surface area contributed by atoms with Gasteiger partial charge in [-0.1, -0.05) is 11.6 Å². The quantitative estimate of drug-likeness (QED) is 0.496. The molecule has 1 saturated heterocycles. The summed E-state index contributed by atoms with van der Waals surface area (Å²) in [4.78, 5) is 23.5. The minimum absolute atomic E-state index is 0.0373. The standard InChI is InChI=1S/C14H14ClNO5/c1-7-4-9(15)10(5-11(7)17)16-6-8-12(18)20-14(2,3)21-13(8)19/h4-6,16-17H,1-3H3. The van der Waals surface area contributed by atoms with Crippen molar-refractivity contribution in [3.63, 3.8) is 0 Å². The molecule has 21 heavy (non-hydrogen) atoms. The highest BCUT2D eigenvalue weighted by Gasteiger charge is 2.38. The van der Waals surface area contributed by atoms with E-state index >= 15 is 0 Å². The van der Waals surface area contributed by atoms with Crippen molar-refractivity contribution in [2.45, 2.75) is 26.6 Å². The number of carbonyl (C=O) groups excluding carboxylic acids is 2. The molecule has 1 aromatic carbocycles. The molecule has 0 atom stereocenters. The lowest BCUT2D eigenvalue weighted by Crippen LogP contribution is -2.42. The van der Waals surface area contributed by atoms with Gasteiger partial charge in [-0.05, 0) is 18.6 Å². The zero-order valence-electron chi connectivity index (χ0n) is 11.7. The predicted molar refractivity (Wildman–Crippen MR) is 75.8 cm³/mol. The van der Waals surface area contributed by atoms with E-state index in [1.54, 1.807) is 13.0 Å². The van der Waals surface area contributed by atoms with Crippen molar-refractivity contribution in [2.24, 2.45) is 0 Å². The second kappa shape index (κ2) is 5.29. The van der Waals surface area contributed by atoms with Gasteiger partial charge >= 0.3 is 11.9 Å². The number of rotatable bonds is 2. The maximum absolute atomic E-state index is 11.7. The third kappa shape index (κ3) is 3.28. The Morgan fingerprint density at radius 3 is 2.38 bits per heavy atom. The van der Waals surface area contributed by atoms with Crippen LogP contribution in [0.25, 0.3) is 0 Å². The molecule has 6 nitrogen and oxygen atoms in total. The predicted octanol–water partition coefficient (Wildman–Crippen LogP) is 2.49. The van der Waals surface area contributed by atoms with Crippen LogP contribution < -0.4 is 5.32 Å². The third-order valence-electron chi connectivity index (χ3n) is 2.77. The molecule has 2 N–H and O–H groups in total. The number of hydrogen-bond acceptors (Lipinski definition) is 6. The first-order valence-electron chi connectivity index (χ1n) is 6.12. The Bertz CT molecular complexity index is 629. The van der Waals surface area contributed by atoms with Gasteiger partial charge in [-0.15, -0.1) is 0 Å². The zero-order valence-corrected chi connectivity index (χ0v) is 12.4. The molecular weight excluding hydrogens is 298 g/mol. The summed E-state index contributed by atoms with van der Waals surface area (Å²) in [5.74, 6) is -2.84. The van der Waals surface area contributed by atoms with E-state index in [-0.39, 0.29) is 11.3 Å². The average molecular weight is 312 g/mol.